The minimum Gasteiger partial charge on any atom is -0.462 e. The Kier molecular flexibility index (Phi) is 69.7. The SMILES string of the molecule is CCCCC/C=C\C/C=C\CCCCCCCC(=O)O[C@H](COC(=O)CCCCCCCCCCCCCCC)COP(=O)(O)OC[C@H](O)COP(=O)(O)OC[C@@H](COC(=O)CCCCCCC/C=C\CCCCCCCC)OC(=O)CCCCCCC/C=C\C=C/CCCCCC. The van der Waals surface area contributed by atoms with E-state index >= 15 is 0 Å². The van der Waals surface area contributed by atoms with E-state index < -0.39 is 97.5 Å². The summed E-state index contributed by atoms with van der Waals surface area (Å²) in [6.45, 7) is 4.84. The molecule has 0 spiro atoms. The van der Waals surface area contributed by atoms with Crippen LogP contribution >= 0.6 is 15.6 Å². The highest BCUT2D eigenvalue weighted by Gasteiger charge is 2.30. The van der Waals surface area contributed by atoms with Crippen molar-refractivity contribution < 1.29 is 80.2 Å². The van der Waals surface area contributed by atoms with E-state index in [1.807, 2.05) is 0 Å². The average molecular weight is 1430 g/mol. The Morgan fingerprint density at radius 2 is 0.531 bits per heavy atom. The maximum Gasteiger partial charge on any atom is 0.472 e. The van der Waals surface area contributed by atoms with Gasteiger partial charge in [0.05, 0.1) is 26.4 Å². The highest BCUT2D eigenvalue weighted by Crippen LogP contribution is 2.45. The number of carbonyl (C=O) groups is 4. The van der Waals surface area contributed by atoms with Gasteiger partial charge in [0.25, 0.3) is 0 Å². The predicted molar refractivity (Wildman–Crippen MR) is 400 cm³/mol. The number of phosphoric acid groups is 2. The Morgan fingerprint density at radius 3 is 0.857 bits per heavy atom. The third-order valence-electron chi connectivity index (χ3n) is 17.0. The van der Waals surface area contributed by atoms with Crippen molar-refractivity contribution in [3.05, 3.63) is 60.8 Å². The summed E-state index contributed by atoms with van der Waals surface area (Å²) in [4.78, 5) is 72.9. The first kappa shape index (κ1) is 94.8. The lowest BCUT2D eigenvalue weighted by Gasteiger charge is -2.21. The molecule has 0 rings (SSSR count). The molecule has 0 radical (unpaired) electrons. The van der Waals surface area contributed by atoms with E-state index in [-0.39, 0.29) is 25.7 Å². The molecule has 0 aromatic rings. The molecule has 17 nitrogen and oxygen atoms in total. The van der Waals surface area contributed by atoms with E-state index in [1.54, 1.807) is 0 Å². The Balaban J connectivity index is 5.35. The molecule has 0 aromatic heterocycles. The lowest BCUT2D eigenvalue weighted by molar-refractivity contribution is -0.161. The summed E-state index contributed by atoms with van der Waals surface area (Å²) in [7, 11) is -9.95. The van der Waals surface area contributed by atoms with Gasteiger partial charge in [-0.1, -0.05) is 288 Å². The monoisotopic (exact) mass is 1430 g/mol. The maximum atomic E-state index is 13.1. The van der Waals surface area contributed by atoms with Crippen molar-refractivity contribution in [1.29, 1.82) is 0 Å². The van der Waals surface area contributed by atoms with Gasteiger partial charge in [0.1, 0.15) is 19.3 Å². The summed E-state index contributed by atoms with van der Waals surface area (Å²) in [6.07, 6.45) is 70.5. The van der Waals surface area contributed by atoms with Crippen LogP contribution in [0, 0.1) is 0 Å². The van der Waals surface area contributed by atoms with Crippen molar-refractivity contribution in [3.63, 3.8) is 0 Å². The maximum absolute atomic E-state index is 13.1. The number of hydrogen-bond donors (Lipinski definition) is 3. The number of ether oxygens (including phenoxy) is 4. The fourth-order valence-corrected chi connectivity index (χ4v) is 12.5. The van der Waals surface area contributed by atoms with Crippen molar-refractivity contribution in [1.82, 2.24) is 0 Å². The molecule has 0 aromatic carbocycles. The van der Waals surface area contributed by atoms with Crippen LogP contribution in [0.2, 0.25) is 0 Å². The van der Waals surface area contributed by atoms with E-state index in [4.69, 9.17) is 37.0 Å². The summed E-state index contributed by atoms with van der Waals surface area (Å²) < 4.78 is 68.5. The van der Waals surface area contributed by atoms with Crippen molar-refractivity contribution >= 4 is 39.5 Å². The molecular formula is C79H144O17P2. The van der Waals surface area contributed by atoms with E-state index in [2.05, 4.69) is 88.5 Å². The predicted octanol–water partition coefficient (Wildman–Crippen LogP) is 22.7. The molecule has 0 heterocycles. The number of allylic oxidation sites excluding steroid dienone is 10. The van der Waals surface area contributed by atoms with Gasteiger partial charge in [-0.05, 0) is 109 Å². The largest absolute Gasteiger partial charge is 0.472 e. The second-order valence-electron chi connectivity index (χ2n) is 26.7. The van der Waals surface area contributed by atoms with E-state index in [9.17, 15) is 43.2 Å². The fourth-order valence-electron chi connectivity index (χ4n) is 10.9. The first-order chi connectivity index (χ1) is 47.7. The normalized spacial score (nSPS) is 14.2. The molecule has 0 aliphatic rings. The Morgan fingerprint density at radius 1 is 0.296 bits per heavy atom. The van der Waals surface area contributed by atoms with Gasteiger partial charge in [0.2, 0.25) is 0 Å². The van der Waals surface area contributed by atoms with Crippen LogP contribution in [0.3, 0.4) is 0 Å². The molecule has 0 saturated carbocycles. The van der Waals surface area contributed by atoms with E-state index in [1.165, 1.54) is 141 Å². The first-order valence-corrected chi connectivity index (χ1v) is 42.5. The quantitative estimate of drug-likeness (QED) is 0.0128. The number of phosphoric ester groups is 2. The summed E-state index contributed by atoms with van der Waals surface area (Å²) in [5, 5.41) is 10.6. The van der Waals surface area contributed by atoms with Crippen LogP contribution in [0.25, 0.3) is 0 Å². The van der Waals surface area contributed by atoms with Crippen LogP contribution < -0.4 is 0 Å². The molecule has 572 valence electrons. The summed E-state index contributed by atoms with van der Waals surface area (Å²) in [5.74, 6) is -2.18. The van der Waals surface area contributed by atoms with Crippen LogP contribution in [0.15, 0.2) is 60.8 Å². The zero-order valence-corrected chi connectivity index (χ0v) is 64.3. The zero-order valence-electron chi connectivity index (χ0n) is 62.5. The molecule has 0 aliphatic carbocycles. The first-order valence-electron chi connectivity index (χ1n) is 39.5. The Labute approximate surface area is 597 Å². The topological polar surface area (TPSA) is 237 Å². The molecule has 0 bridgehead atoms. The number of carbonyl (C=O) groups excluding carboxylic acids is 4. The third kappa shape index (κ3) is 71.2. The molecule has 2 unspecified atom stereocenters. The summed E-state index contributed by atoms with van der Waals surface area (Å²) in [5.41, 5.74) is 0. The lowest BCUT2D eigenvalue weighted by atomic mass is 10.0. The van der Waals surface area contributed by atoms with Crippen LogP contribution in [-0.2, 0) is 65.4 Å². The Hall–Kier alpha value is -3.24. The molecule has 98 heavy (non-hydrogen) atoms. The molecule has 0 aliphatic heterocycles. The van der Waals surface area contributed by atoms with Gasteiger partial charge in [-0.25, -0.2) is 9.13 Å². The number of rotatable bonds is 75. The van der Waals surface area contributed by atoms with Crippen molar-refractivity contribution in [3.8, 4) is 0 Å². The summed E-state index contributed by atoms with van der Waals surface area (Å²) in [6, 6.07) is 0. The second kappa shape index (κ2) is 72.1. The third-order valence-corrected chi connectivity index (χ3v) is 18.9. The van der Waals surface area contributed by atoms with Gasteiger partial charge in [-0.15, -0.1) is 0 Å². The standard InChI is InChI=1S/C79H144O17P2/c1-5-9-13-17-21-25-29-33-36-40-44-48-52-56-60-64-77(82)90-70-75(96-79(84)66-62-58-54-50-46-42-38-35-31-27-23-19-15-11-7-3)72-94-98(87,88)92-68-73(80)67-91-97(85,86)93-71-74(69-89-76(81)63-59-55-51-47-43-39-32-28-24-20-16-12-8-4)95-78(83)65-61-57-53-49-45-41-37-34-30-26-22-18-14-10-6-2/h22,26-27,31,33-38,73-75,80H,5-21,23-25,28-30,32,39-72H2,1-4H3,(H,85,86)(H,87,88)/b26-22-,31-27-,36-33-,37-34-,38-35-/t73-,74+,75+/m0/s1. The van der Waals surface area contributed by atoms with Crippen LogP contribution in [0.1, 0.15) is 362 Å². The van der Waals surface area contributed by atoms with Crippen LogP contribution in [0.5, 0.6) is 0 Å². The fraction of sp³-hybridized carbons (Fsp3) is 0.823. The van der Waals surface area contributed by atoms with Crippen molar-refractivity contribution in [2.24, 2.45) is 0 Å². The van der Waals surface area contributed by atoms with Gasteiger partial charge in [0.15, 0.2) is 12.2 Å². The van der Waals surface area contributed by atoms with E-state index in [0.29, 0.717) is 25.7 Å². The van der Waals surface area contributed by atoms with Crippen molar-refractivity contribution in [2.45, 2.75) is 380 Å². The number of aliphatic hydroxyl groups excluding tert-OH is 1. The highest BCUT2D eigenvalue weighted by atomic mass is 31.2. The molecule has 0 fully saturated rings. The van der Waals surface area contributed by atoms with Crippen LogP contribution in [-0.4, -0.2) is 96.7 Å². The number of esters is 4. The molecule has 19 heteroatoms. The smallest absolute Gasteiger partial charge is 0.462 e. The minimum atomic E-state index is -4.97. The molecule has 0 saturated heterocycles. The van der Waals surface area contributed by atoms with Gasteiger partial charge in [-0.3, -0.25) is 37.3 Å². The van der Waals surface area contributed by atoms with Gasteiger partial charge in [-0.2, -0.15) is 0 Å². The van der Waals surface area contributed by atoms with Gasteiger partial charge in [0, 0.05) is 25.7 Å². The highest BCUT2D eigenvalue weighted by molar-refractivity contribution is 7.47. The number of unbranched alkanes of at least 4 members (excludes halogenated alkanes) is 40. The molecule has 5 atom stereocenters. The van der Waals surface area contributed by atoms with Gasteiger partial charge >= 0.3 is 39.5 Å². The van der Waals surface area contributed by atoms with E-state index in [0.717, 1.165) is 141 Å². The minimum absolute atomic E-state index is 0.0794. The van der Waals surface area contributed by atoms with Crippen LogP contribution in [0.4, 0.5) is 0 Å². The average Bonchev–Trinajstić information content (AvgIpc) is 1.05. The number of hydrogen-bond acceptors (Lipinski definition) is 15. The second-order valence-corrected chi connectivity index (χ2v) is 29.6. The van der Waals surface area contributed by atoms with Crippen molar-refractivity contribution in [2.75, 3.05) is 39.6 Å². The van der Waals surface area contributed by atoms with Gasteiger partial charge < -0.3 is 33.8 Å². The molecule has 0 amide bonds. The zero-order chi connectivity index (χ0) is 71.8. The number of aliphatic hydroxyl groups is 1. The molecule has 3 N–H and O–H groups in total. The molecular weight excluding hydrogens is 1280 g/mol. The summed E-state index contributed by atoms with van der Waals surface area (Å²) >= 11 is 0. The Bertz CT molecular complexity index is 2100. The lowest BCUT2D eigenvalue weighted by Crippen LogP contribution is -2.30.